The highest BCUT2D eigenvalue weighted by Gasteiger charge is 2.34. The largest absolute Gasteiger partial charge is 0.505 e. The van der Waals surface area contributed by atoms with Crippen LogP contribution >= 0.6 is 0 Å². The monoisotopic (exact) mass is 441 g/mol. The van der Waals surface area contributed by atoms with Gasteiger partial charge in [0.2, 0.25) is 0 Å². The van der Waals surface area contributed by atoms with E-state index in [0.29, 0.717) is 29.7 Å². The fraction of sp³-hybridized carbons (Fsp3) is 0.261. The van der Waals surface area contributed by atoms with E-state index < -0.39 is 35.1 Å². The van der Waals surface area contributed by atoms with E-state index in [4.69, 9.17) is 15.2 Å². The fourth-order valence-corrected chi connectivity index (χ4v) is 3.06. The second kappa shape index (κ2) is 10.9. The van der Waals surface area contributed by atoms with Crippen LogP contribution in [0.1, 0.15) is 43.9 Å². The zero-order chi connectivity index (χ0) is 23.7. The Hall–Kier alpha value is -3.90. The lowest BCUT2D eigenvalue weighted by Crippen LogP contribution is -2.29. The third-order valence-electron chi connectivity index (χ3n) is 4.80. The normalized spacial score (nSPS) is 12.1. The molecule has 0 fully saturated rings. The molecule has 0 spiro atoms. The Kier molecular flexibility index (Phi) is 8.32. The Labute approximate surface area is 184 Å². The summed E-state index contributed by atoms with van der Waals surface area (Å²) in [6.07, 6.45) is 1.91. The predicted molar refractivity (Wildman–Crippen MR) is 114 cm³/mol. The van der Waals surface area contributed by atoms with E-state index in [-0.39, 0.29) is 0 Å². The third-order valence-corrected chi connectivity index (χ3v) is 4.80. The number of carbonyl (C=O) groups excluding carboxylic acids is 2. The number of hydroxylamine groups is 1. The van der Waals surface area contributed by atoms with E-state index in [0.717, 1.165) is 6.07 Å². The number of ether oxygens (including phenoxy) is 1. The Bertz CT molecular complexity index is 1030. The van der Waals surface area contributed by atoms with Gasteiger partial charge in [0, 0.05) is 17.2 Å². The van der Waals surface area contributed by atoms with E-state index >= 15 is 0 Å². The smallest absolute Gasteiger partial charge is 0.412 e. The number of allylic oxidation sites excluding steroid dienone is 1. The number of aromatic hydroxyl groups is 1. The average Bonchev–Trinajstić information content (AvgIpc) is 2.77. The molecule has 2 aromatic rings. The molecule has 1 atom stereocenters. The van der Waals surface area contributed by atoms with E-state index in [2.05, 4.69) is 5.32 Å². The number of benzene rings is 2. The molecule has 2 rings (SSSR count). The Balaban J connectivity index is 2.21. The summed E-state index contributed by atoms with van der Waals surface area (Å²) >= 11 is 0. The molecule has 0 unspecified atom stereocenters. The number of phenolic OH excluding ortho intramolecular Hbond substituents is 1. The number of hydrogen-bond acceptors (Lipinski definition) is 6. The van der Waals surface area contributed by atoms with Gasteiger partial charge in [-0.3, -0.25) is 15.3 Å². The molecule has 2 aromatic carbocycles. The summed E-state index contributed by atoms with van der Waals surface area (Å²) < 4.78 is 19.7. The topological polar surface area (TPSA) is 132 Å². The molecule has 4 N–H and O–H groups in total. The van der Waals surface area contributed by atoms with Crippen LogP contribution in [-0.2, 0) is 9.53 Å². The molecule has 0 aromatic heterocycles. The van der Waals surface area contributed by atoms with Crippen molar-refractivity contribution < 1.29 is 29.0 Å². The van der Waals surface area contributed by atoms with Crippen LogP contribution in [0.4, 0.5) is 14.9 Å². The number of halogens is 1. The van der Waals surface area contributed by atoms with Crippen LogP contribution in [0.2, 0.25) is 0 Å². The van der Waals surface area contributed by atoms with Gasteiger partial charge in [0.15, 0.2) is 11.6 Å². The summed E-state index contributed by atoms with van der Waals surface area (Å²) in [5.41, 5.74) is 1.99. The van der Waals surface area contributed by atoms with E-state index in [9.17, 15) is 19.1 Å². The van der Waals surface area contributed by atoms with Gasteiger partial charge in [0.1, 0.15) is 6.10 Å². The minimum Gasteiger partial charge on any atom is -0.505 e. The van der Waals surface area contributed by atoms with Gasteiger partial charge in [-0.05, 0) is 54.8 Å². The molecule has 168 valence electrons. The number of carbonyl (C=O) groups is 2. The Morgan fingerprint density at radius 3 is 2.53 bits per heavy atom. The number of hydrogen-bond donors (Lipinski definition) is 4. The molecular formula is C23H24FN3O5. The van der Waals surface area contributed by atoms with E-state index in [1.807, 2.05) is 19.9 Å². The van der Waals surface area contributed by atoms with Crippen molar-refractivity contribution in [3.63, 3.8) is 0 Å². The van der Waals surface area contributed by atoms with Crippen molar-refractivity contribution in [1.82, 2.24) is 5.48 Å². The average molecular weight is 441 g/mol. The zero-order valence-corrected chi connectivity index (χ0v) is 17.6. The Morgan fingerprint density at radius 2 is 1.94 bits per heavy atom. The van der Waals surface area contributed by atoms with E-state index in [1.54, 1.807) is 30.3 Å². The van der Waals surface area contributed by atoms with Gasteiger partial charge >= 0.3 is 6.09 Å². The summed E-state index contributed by atoms with van der Waals surface area (Å²) in [4.78, 5) is 23.7. The lowest BCUT2D eigenvalue weighted by atomic mass is 9.78. The number of amides is 2. The summed E-state index contributed by atoms with van der Waals surface area (Å²) in [6, 6.07) is 11.9. The number of phenols is 1. The van der Waals surface area contributed by atoms with Crippen molar-refractivity contribution in [3.05, 3.63) is 71.6 Å². The van der Waals surface area contributed by atoms with Gasteiger partial charge in [-0.2, -0.15) is 5.26 Å². The van der Waals surface area contributed by atoms with Crippen molar-refractivity contribution in [1.29, 1.82) is 5.26 Å². The minimum absolute atomic E-state index is 0.345. The minimum atomic E-state index is -0.893. The highest BCUT2D eigenvalue weighted by atomic mass is 19.1. The van der Waals surface area contributed by atoms with Gasteiger partial charge in [-0.1, -0.05) is 26.0 Å². The van der Waals surface area contributed by atoms with Crippen molar-refractivity contribution in [2.45, 2.75) is 32.8 Å². The van der Waals surface area contributed by atoms with Gasteiger partial charge in [0.05, 0.1) is 11.6 Å². The molecule has 0 heterocycles. The van der Waals surface area contributed by atoms with Crippen LogP contribution < -0.4 is 10.8 Å². The van der Waals surface area contributed by atoms with Crippen molar-refractivity contribution in [2.24, 2.45) is 5.41 Å². The molecule has 0 saturated heterocycles. The van der Waals surface area contributed by atoms with Gasteiger partial charge in [-0.25, -0.2) is 14.7 Å². The van der Waals surface area contributed by atoms with E-state index in [1.165, 1.54) is 23.7 Å². The highest BCUT2D eigenvalue weighted by Crippen LogP contribution is 2.41. The number of nitriles is 1. The van der Waals surface area contributed by atoms with Crippen LogP contribution in [0.3, 0.4) is 0 Å². The van der Waals surface area contributed by atoms with Gasteiger partial charge < -0.3 is 9.84 Å². The molecule has 32 heavy (non-hydrogen) atoms. The quantitative estimate of drug-likeness (QED) is 0.270. The molecular weight excluding hydrogens is 417 g/mol. The summed E-state index contributed by atoms with van der Waals surface area (Å²) in [5.74, 6) is -2.04. The maximum absolute atomic E-state index is 14.0. The summed E-state index contributed by atoms with van der Waals surface area (Å²) in [7, 11) is 0. The van der Waals surface area contributed by atoms with Crippen LogP contribution in [0.25, 0.3) is 0 Å². The number of anilines is 1. The van der Waals surface area contributed by atoms with Crippen molar-refractivity contribution in [3.8, 4) is 11.8 Å². The molecule has 8 nitrogen and oxygen atoms in total. The molecule has 0 radical (unpaired) electrons. The lowest BCUT2D eigenvalue weighted by Gasteiger charge is -2.34. The molecule has 0 aliphatic heterocycles. The Morgan fingerprint density at radius 1 is 1.25 bits per heavy atom. The van der Waals surface area contributed by atoms with Crippen LogP contribution in [0, 0.1) is 22.6 Å². The molecule has 0 bridgehead atoms. The van der Waals surface area contributed by atoms with Gasteiger partial charge in [0.25, 0.3) is 5.91 Å². The summed E-state index contributed by atoms with van der Waals surface area (Å²) in [6.45, 7) is 3.63. The number of nitrogens with zero attached hydrogens (tertiary/aromatic N) is 1. The zero-order valence-electron chi connectivity index (χ0n) is 17.6. The lowest BCUT2D eigenvalue weighted by molar-refractivity contribution is -0.124. The van der Waals surface area contributed by atoms with Crippen LogP contribution in [0.5, 0.6) is 5.75 Å². The van der Waals surface area contributed by atoms with Crippen molar-refractivity contribution in [2.75, 3.05) is 5.32 Å². The maximum Gasteiger partial charge on any atom is 0.412 e. The van der Waals surface area contributed by atoms with Crippen LogP contribution in [0.15, 0.2) is 54.6 Å². The predicted octanol–water partition coefficient (Wildman–Crippen LogP) is 4.56. The summed E-state index contributed by atoms with van der Waals surface area (Å²) in [5, 5.41) is 29.5. The molecule has 0 aliphatic rings. The molecule has 0 saturated carbocycles. The maximum atomic E-state index is 14.0. The van der Waals surface area contributed by atoms with Crippen molar-refractivity contribution >= 4 is 17.7 Å². The molecule has 2 amide bonds. The van der Waals surface area contributed by atoms with Crippen LogP contribution in [-0.4, -0.2) is 22.3 Å². The highest BCUT2D eigenvalue weighted by molar-refractivity contribution is 5.86. The third kappa shape index (κ3) is 6.82. The fourth-order valence-electron chi connectivity index (χ4n) is 3.06. The first kappa shape index (κ1) is 24.4. The standard InChI is InChI=1S/C23H24FN3O5/c1-23(2,12-4-3-5-20(29)27-31)21(16-8-11-19(28)18(24)13-16)32-22(30)26-17-9-6-15(14-25)7-10-17/h3,5-11,13,21,28,31H,4,12H2,1-2H3,(H,26,30)(H,27,29)/b5-3+/t21-/m0/s1. The first-order chi connectivity index (χ1) is 15.2. The van der Waals surface area contributed by atoms with Gasteiger partial charge in [-0.15, -0.1) is 0 Å². The SMILES string of the molecule is CC(C)(CC/C=C/C(=O)NO)[C@@H](OC(=O)Nc1ccc(C#N)cc1)c1ccc(O)c(F)c1. The first-order valence-electron chi connectivity index (χ1n) is 9.73. The molecule has 9 heteroatoms. The number of nitrogens with one attached hydrogen (secondary N) is 2. The second-order valence-corrected chi connectivity index (χ2v) is 7.72. The second-order valence-electron chi connectivity index (χ2n) is 7.72. The first-order valence-corrected chi connectivity index (χ1v) is 9.73. The number of rotatable bonds is 8. The molecule has 0 aliphatic carbocycles.